The van der Waals surface area contributed by atoms with E-state index in [9.17, 15) is 14.4 Å². The third-order valence-corrected chi connectivity index (χ3v) is 13.7. The van der Waals surface area contributed by atoms with Gasteiger partial charge in [-0.3, -0.25) is 14.4 Å². The minimum Gasteiger partial charge on any atom is -0.462 e. The summed E-state index contributed by atoms with van der Waals surface area (Å²) >= 11 is 0. The van der Waals surface area contributed by atoms with Crippen LogP contribution in [0.5, 0.6) is 0 Å². The molecular weight excluding hydrogens is 841 g/mol. The number of allylic oxidation sites excluding steroid dienone is 4. The molecule has 1 atom stereocenters. The van der Waals surface area contributed by atoms with Crippen LogP contribution in [-0.2, 0) is 28.6 Å². The summed E-state index contributed by atoms with van der Waals surface area (Å²) in [5, 5.41) is 0. The van der Waals surface area contributed by atoms with Crippen LogP contribution >= 0.6 is 0 Å². The highest BCUT2D eigenvalue weighted by atomic mass is 16.6. The van der Waals surface area contributed by atoms with Crippen molar-refractivity contribution in [3.05, 3.63) is 24.3 Å². The number of hydrogen-bond acceptors (Lipinski definition) is 6. The van der Waals surface area contributed by atoms with Gasteiger partial charge in [-0.1, -0.05) is 295 Å². The predicted octanol–water partition coefficient (Wildman–Crippen LogP) is 20.3. The Labute approximate surface area is 423 Å². The normalized spacial score (nSPS) is 12.1. The molecule has 0 saturated heterocycles. The molecule has 0 aliphatic carbocycles. The number of hydrogen-bond donors (Lipinski definition) is 0. The number of esters is 3. The lowest BCUT2D eigenvalue weighted by atomic mass is 10.0. The highest BCUT2D eigenvalue weighted by Gasteiger charge is 2.19. The summed E-state index contributed by atoms with van der Waals surface area (Å²) in [6, 6.07) is 0. The molecule has 0 saturated carbocycles. The SMILES string of the molecule is CCCCCCCCC/C=C\C=C/CCCCCCCC(=O)OCC(COC(=O)CCCCCCCCCCCCCCCCC)OC(=O)CCCCCCCCCCCCCCCCCCC. The summed E-state index contributed by atoms with van der Waals surface area (Å²) in [6.07, 6.45) is 67.4. The first-order valence-electron chi connectivity index (χ1n) is 30.4. The largest absolute Gasteiger partial charge is 0.462 e. The van der Waals surface area contributed by atoms with Crippen LogP contribution in [0.25, 0.3) is 0 Å². The fraction of sp³-hybridized carbons (Fsp3) is 0.887. The Morgan fingerprint density at radius 2 is 0.515 bits per heavy atom. The molecule has 0 N–H and O–H groups in total. The van der Waals surface area contributed by atoms with Gasteiger partial charge in [0.25, 0.3) is 0 Å². The molecule has 0 rings (SSSR count). The molecule has 0 heterocycles. The Hall–Kier alpha value is -2.11. The van der Waals surface area contributed by atoms with Gasteiger partial charge in [0.1, 0.15) is 13.2 Å². The first-order chi connectivity index (χ1) is 33.5. The molecule has 0 aromatic rings. The summed E-state index contributed by atoms with van der Waals surface area (Å²) in [4.78, 5) is 38.2. The van der Waals surface area contributed by atoms with Crippen LogP contribution in [-0.4, -0.2) is 37.2 Å². The molecule has 0 aliphatic rings. The van der Waals surface area contributed by atoms with Gasteiger partial charge in [-0.2, -0.15) is 0 Å². The molecule has 68 heavy (non-hydrogen) atoms. The lowest BCUT2D eigenvalue weighted by Crippen LogP contribution is -2.30. The second kappa shape index (κ2) is 57.5. The molecule has 6 heteroatoms. The average molecular weight is 958 g/mol. The van der Waals surface area contributed by atoms with Gasteiger partial charge in [-0.05, 0) is 44.9 Å². The number of ether oxygens (including phenoxy) is 3. The van der Waals surface area contributed by atoms with Gasteiger partial charge in [0.05, 0.1) is 0 Å². The first-order valence-corrected chi connectivity index (χ1v) is 30.4. The lowest BCUT2D eigenvalue weighted by Gasteiger charge is -2.18. The van der Waals surface area contributed by atoms with E-state index in [1.54, 1.807) is 0 Å². The number of carbonyl (C=O) groups excluding carboxylic acids is 3. The Morgan fingerprint density at radius 3 is 0.779 bits per heavy atom. The van der Waals surface area contributed by atoms with Crippen molar-refractivity contribution >= 4 is 17.9 Å². The van der Waals surface area contributed by atoms with Gasteiger partial charge >= 0.3 is 17.9 Å². The van der Waals surface area contributed by atoms with Crippen LogP contribution in [0.4, 0.5) is 0 Å². The van der Waals surface area contributed by atoms with Crippen molar-refractivity contribution < 1.29 is 28.6 Å². The van der Waals surface area contributed by atoms with E-state index < -0.39 is 6.10 Å². The maximum atomic E-state index is 12.9. The van der Waals surface area contributed by atoms with E-state index in [0.717, 1.165) is 77.0 Å². The van der Waals surface area contributed by atoms with Gasteiger partial charge in [0.15, 0.2) is 6.10 Å². The van der Waals surface area contributed by atoms with Crippen molar-refractivity contribution in [2.75, 3.05) is 13.2 Å². The zero-order valence-electron chi connectivity index (χ0n) is 45.9. The standard InChI is InChI=1S/C62H116O6/c1-4-7-10-13-16-19-22-25-28-30-32-34-37-40-43-46-49-52-55-61(64)67-58-59(57-66-60(63)54-51-48-45-42-39-36-33-27-24-21-18-15-12-9-6-3)68-62(65)56-53-50-47-44-41-38-35-31-29-26-23-20-17-14-11-8-5-2/h28,30,32,34,59H,4-27,29,31,33,35-58H2,1-3H3/b30-28-,34-32-. The molecule has 0 amide bonds. The number of rotatable bonds is 56. The molecule has 400 valence electrons. The van der Waals surface area contributed by atoms with E-state index in [0.29, 0.717) is 19.3 Å². The van der Waals surface area contributed by atoms with Crippen LogP contribution in [0.1, 0.15) is 335 Å². The van der Waals surface area contributed by atoms with Crippen LogP contribution in [0, 0.1) is 0 Å². The van der Waals surface area contributed by atoms with E-state index >= 15 is 0 Å². The van der Waals surface area contributed by atoms with Crippen molar-refractivity contribution in [2.45, 2.75) is 341 Å². The van der Waals surface area contributed by atoms with Gasteiger partial charge < -0.3 is 14.2 Å². The molecule has 0 aromatic carbocycles. The minimum atomic E-state index is -0.773. The maximum absolute atomic E-state index is 12.9. The third-order valence-electron chi connectivity index (χ3n) is 13.7. The summed E-state index contributed by atoms with van der Waals surface area (Å²) in [6.45, 7) is 6.68. The Bertz CT molecular complexity index is 1100. The topological polar surface area (TPSA) is 78.9 Å². The van der Waals surface area contributed by atoms with Crippen molar-refractivity contribution in [3.63, 3.8) is 0 Å². The third kappa shape index (κ3) is 54.8. The van der Waals surface area contributed by atoms with Gasteiger partial charge in [-0.25, -0.2) is 0 Å². The molecule has 0 aliphatic heterocycles. The fourth-order valence-electron chi connectivity index (χ4n) is 9.14. The van der Waals surface area contributed by atoms with Crippen LogP contribution in [0.15, 0.2) is 24.3 Å². The highest BCUT2D eigenvalue weighted by Crippen LogP contribution is 2.17. The number of carbonyl (C=O) groups is 3. The lowest BCUT2D eigenvalue weighted by molar-refractivity contribution is -0.167. The van der Waals surface area contributed by atoms with E-state index in [1.165, 1.54) is 218 Å². The molecule has 0 aromatic heterocycles. The van der Waals surface area contributed by atoms with E-state index in [4.69, 9.17) is 14.2 Å². The minimum absolute atomic E-state index is 0.0704. The molecule has 0 bridgehead atoms. The average Bonchev–Trinajstić information content (AvgIpc) is 3.34. The number of unbranched alkanes of at least 4 members (excludes halogenated alkanes) is 42. The van der Waals surface area contributed by atoms with E-state index in [-0.39, 0.29) is 31.1 Å². The van der Waals surface area contributed by atoms with Crippen molar-refractivity contribution in [3.8, 4) is 0 Å². The zero-order valence-corrected chi connectivity index (χ0v) is 45.9. The zero-order chi connectivity index (χ0) is 49.3. The molecule has 6 nitrogen and oxygen atoms in total. The Kier molecular flexibility index (Phi) is 55.7. The van der Waals surface area contributed by atoms with Crippen LogP contribution < -0.4 is 0 Å². The van der Waals surface area contributed by atoms with Crippen molar-refractivity contribution in [1.29, 1.82) is 0 Å². The van der Waals surface area contributed by atoms with Gasteiger partial charge in [-0.15, -0.1) is 0 Å². The fourth-order valence-corrected chi connectivity index (χ4v) is 9.14. The summed E-state index contributed by atoms with van der Waals surface area (Å²) < 4.78 is 16.9. The van der Waals surface area contributed by atoms with Gasteiger partial charge in [0.2, 0.25) is 0 Å². The molecular formula is C62H116O6. The maximum Gasteiger partial charge on any atom is 0.306 e. The predicted molar refractivity (Wildman–Crippen MR) is 293 cm³/mol. The van der Waals surface area contributed by atoms with Crippen LogP contribution in [0.3, 0.4) is 0 Å². The monoisotopic (exact) mass is 957 g/mol. The molecule has 0 radical (unpaired) electrons. The summed E-state index contributed by atoms with van der Waals surface area (Å²) in [7, 11) is 0. The van der Waals surface area contributed by atoms with E-state index in [1.807, 2.05) is 0 Å². The second-order valence-corrected chi connectivity index (χ2v) is 20.7. The van der Waals surface area contributed by atoms with Crippen molar-refractivity contribution in [1.82, 2.24) is 0 Å². The first kappa shape index (κ1) is 65.9. The molecule has 0 fully saturated rings. The molecule has 1 unspecified atom stereocenters. The summed E-state index contributed by atoms with van der Waals surface area (Å²) in [5.41, 5.74) is 0. The quantitative estimate of drug-likeness (QED) is 0.0262. The van der Waals surface area contributed by atoms with Gasteiger partial charge in [0, 0.05) is 19.3 Å². The van der Waals surface area contributed by atoms with Crippen LogP contribution in [0.2, 0.25) is 0 Å². The summed E-state index contributed by atoms with van der Waals surface area (Å²) in [5.74, 6) is -0.861. The van der Waals surface area contributed by atoms with Crippen molar-refractivity contribution in [2.24, 2.45) is 0 Å². The van der Waals surface area contributed by atoms with E-state index in [2.05, 4.69) is 45.1 Å². The Balaban J connectivity index is 4.35. The molecule has 0 spiro atoms. The Morgan fingerprint density at radius 1 is 0.294 bits per heavy atom. The highest BCUT2D eigenvalue weighted by molar-refractivity contribution is 5.71. The smallest absolute Gasteiger partial charge is 0.306 e. The second-order valence-electron chi connectivity index (χ2n) is 20.7.